The number of esters is 1. The van der Waals surface area contributed by atoms with Crippen LogP contribution in [0, 0.1) is 17.2 Å². The topological polar surface area (TPSA) is 149 Å². The van der Waals surface area contributed by atoms with E-state index in [2.05, 4.69) is 32.9 Å². The molecule has 4 rings (SSSR count). The van der Waals surface area contributed by atoms with Crippen LogP contribution >= 0.6 is 0 Å². The number of anilines is 1. The molecule has 38 heavy (non-hydrogen) atoms. The van der Waals surface area contributed by atoms with Gasteiger partial charge in [0.15, 0.2) is 6.73 Å². The van der Waals surface area contributed by atoms with Crippen molar-refractivity contribution in [1.82, 2.24) is 19.5 Å². The van der Waals surface area contributed by atoms with Crippen molar-refractivity contribution in [3.05, 3.63) is 73.6 Å². The average molecular weight is 510 g/mol. The zero-order chi connectivity index (χ0) is 27.2. The van der Waals surface area contributed by atoms with Gasteiger partial charge in [-0.3, -0.25) is 19.1 Å². The monoisotopic (exact) mass is 509 g/mol. The number of fused-ring (bicyclic) bond motifs is 1. The molecule has 192 valence electrons. The van der Waals surface area contributed by atoms with E-state index in [0.29, 0.717) is 11.3 Å². The van der Waals surface area contributed by atoms with E-state index >= 15 is 0 Å². The fraction of sp³-hybridized carbons (Fsp3) is 0.214. The predicted octanol–water partition coefficient (Wildman–Crippen LogP) is 4.03. The molecule has 0 aliphatic carbocycles. The molecule has 1 amide bonds. The normalized spacial score (nSPS) is 12.4. The van der Waals surface area contributed by atoms with E-state index in [-0.39, 0.29) is 24.2 Å². The van der Waals surface area contributed by atoms with Crippen molar-refractivity contribution in [1.29, 1.82) is 5.26 Å². The number of pyridine rings is 3. The minimum atomic E-state index is -0.722. The Labute approximate surface area is 219 Å². The molecule has 0 bridgehead atoms. The van der Waals surface area contributed by atoms with Crippen LogP contribution in [0.5, 0.6) is 0 Å². The van der Waals surface area contributed by atoms with Gasteiger partial charge in [0, 0.05) is 46.9 Å². The molecule has 0 aliphatic rings. The molecular formula is C28H27N7O3. The van der Waals surface area contributed by atoms with Gasteiger partial charge in [0.25, 0.3) is 0 Å². The molecule has 3 N–H and O–H groups in total. The summed E-state index contributed by atoms with van der Waals surface area (Å²) in [5.74, 6) is -0.841. The minimum Gasteiger partial charge on any atom is -0.443 e. The van der Waals surface area contributed by atoms with Gasteiger partial charge >= 0.3 is 5.97 Å². The van der Waals surface area contributed by atoms with Crippen LogP contribution in [0.15, 0.2) is 67.9 Å². The smallest absolute Gasteiger partial charge is 0.324 e. The maximum atomic E-state index is 12.5. The number of nitriles is 1. The van der Waals surface area contributed by atoms with Crippen LogP contribution in [0.2, 0.25) is 0 Å². The van der Waals surface area contributed by atoms with Gasteiger partial charge in [0.2, 0.25) is 5.91 Å². The fourth-order valence-corrected chi connectivity index (χ4v) is 3.89. The number of nitrogens with two attached hydrogens (primary N) is 1. The molecule has 0 saturated carbocycles. The zero-order valence-corrected chi connectivity index (χ0v) is 21.1. The summed E-state index contributed by atoms with van der Waals surface area (Å²) in [7, 11) is 0. The van der Waals surface area contributed by atoms with Crippen LogP contribution in [0.4, 0.5) is 5.69 Å². The molecule has 0 saturated heterocycles. The molecule has 0 aromatic carbocycles. The number of ether oxygens (including phenoxy) is 1. The Morgan fingerprint density at radius 3 is 2.74 bits per heavy atom. The van der Waals surface area contributed by atoms with Crippen molar-refractivity contribution in [2.45, 2.75) is 33.0 Å². The van der Waals surface area contributed by atoms with E-state index in [0.717, 1.165) is 34.1 Å². The molecule has 4 aromatic heterocycles. The Bertz CT molecular complexity index is 1550. The quantitative estimate of drug-likeness (QED) is 0.254. The Morgan fingerprint density at radius 1 is 1.21 bits per heavy atom. The molecule has 0 spiro atoms. The molecule has 10 nitrogen and oxygen atoms in total. The van der Waals surface area contributed by atoms with Gasteiger partial charge in [-0.1, -0.05) is 26.8 Å². The summed E-state index contributed by atoms with van der Waals surface area (Å²) < 4.78 is 7.25. The molecule has 4 aromatic rings. The van der Waals surface area contributed by atoms with E-state index in [1.165, 1.54) is 12.3 Å². The highest BCUT2D eigenvalue weighted by Gasteiger charge is 2.22. The first-order valence-electron chi connectivity index (χ1n) is 12.0. The van der Waals surface area contributed by atoms with Gasteiger partial charge in [0.1, 0.15) is 23.5 Å². The molecule has 0 radical (unpaired) electrons. The fourth-order valence-electron chi connectivity index (χ4n) is 3.89. The lowest BCUT2D eigenvalue weighted by Crippen LogP contribution is -2.38. The van der Waals surface area contributed by atoms with Crippen LogP contribution in [0.3, 0.4) is 0 Å². The number of rotatable bonds is 9. The highest BCUT2D eigenvalue weighted by atomic mass is 16.5. The maximum Gasteiger partial charge on any atom is 0.324 e. The van der Waals surface area contributed by atoms with Crippen LogP contribution in [-0.2, 0) is 21.1 Å². The number of hydrogen-bond donors (Lipinski definition) is 2. The van der Waals surface area contributed by atoms with Crippen LogP contribution in [0.25, 0.3) is 33.3 Å². The Morgan fingerprint density at radius 2 is 2.00 bits per heavy atom. The Kier molecular flexibility index (Phi) is 7.89. The number of carbonyl (C=O) groups is 2. The Balaban J connectivity index is 1.76. The minimum absolute atomic E-state index is 0.0120. The molecule has 0 fully saturated rings. The number of nitrogens with zero attached hydrogens (tertiary/aromatic N) is 5. The zero-order valence-electron chi connectivity index (χ0n) is 21.1. The summed E-state index contributed by atoms with van der Waals surface area (Å²) in [6.07, 6.45) is 10.2. The third-order valence-electron chi connectivity index (χ3n) is 6.30. The molecular weight excluding hydrogens is 482 g/mol. The predicted molar refractivity (Wildman–Crippen MR) is 143 cm³/mol. The second kappa shape index (κ2) is 11.5. The SMILES string of the molecule is C=CC(=O)Nc1cncc(-c2cnc3c(c2)c(-c2ccnc(C#N)c2)cn3COC(=O)C(N)C(C)CC)c1. The molecule has 4 heterocycles. The van der Waals surface area contributed by atoms with Crippen molar-refractivity contribution >= 4 is 28.6 Å². The first kappa shape index (κ1) is 26.2. The molecule has 2 atom stereocenters. The van der Waals surface area contributed by atoms with Crippen molar-refractivity contribution in [2.75, 3.05) is 5.32 Å². The summed E-state index contributed by atoms with van der Waals surface area (Å²) in [5.41, 5.74) is 10.4. The van der Waals surface area contributed by atoms with Crippen molar-refractivity contribution in [2.24, 2.45) is 11.7 Å². The Hall–Kier alpha value is -4.88. The van der Waals surface area contributed by atoms with Crippen molar-refractivity contribution < 1.29 is 14.3 Å². The summed E-state index contributed by atoms with van der Waals surface area (Å²) in [4.78, 5) is 37.2. The van der Waals surface area contributed by atoms with Gasteiger partial charge < -0.3 is 15.8 Å². The van der Waals surface area contributed by atoms with E-state index in [9.17, 15) is 14.9 Å². The second-order valence-electron chi connectivity index (χ2n) is 8.81. The second-order valence-corrected chi connectivity index (χ2v) is 8.81. The summed E-state index contributed by atoms with van der Waals surface area (Å²) >= 11 is 0. The lowest BCUT2D eigenvalue weighted by Gasteiger charge is -2.17. The molecule has 2 unspecified atom stereocenters. The van der Waals surface area contributed by atoms with Gasteiger partial charge in [-0.05, 0) is 41.8 Å². The van der Waals surface area contributed by atoms with Crippen LogP contribution < -0.4 is 11.1 Å². The van der Waals surface area contributed by atoms with E-state index in [1.807, 2.05) is 26.1 Å². The lowest BCUT2D eigenvalue weighted by molar-refractivity contribution is -0.150. The number of carbonyl (C=O) groups excluding carboxylic acids is 2. The first-order chi connectivity index (χ1) is 18.3. The summed E-state index contributed by atoms with van der Waals surface area (Å²) in [6.45, 7) is 7.26. The van der Waals surface area contributed by atoms with E-state index in [4.69, 9.17) is 10.5 Å². The largest absolute Gasteiger partial charge is 0.443 e. The van der Waals surface area contributed by atoms with Crippen molar-refractivity contribution in [3.63, 3.8) is 0 Å². The van der Waals surface area contributed by atoms with Gasteiger partial charge in [0.05, 0.1) is 11.9 Å². The number of aromatic nitrogens is 4. The van der Waals surface area contributed by atoms with Gasteiger partial charge in [-0.25, -0.2) is 9.97 Å². The van der Waals surface area contributed by atoms with E-state index < -0.39 is 12.0 Å². The van der Waals surface area contributed by atoms with Crippen molar-refractivity contribution in [3.8, 4) is 28.3 Å². The number of amides is 1. The highest BCUT2D eigenvalue weighted by molar-refractivity contribution is 5.99. The molecule has 10 heteroatoms. The standard InChI is InChI=1S/C28H27N7O3/c1-4-17(3)26(30)28(37)38-16-35-15-24(18-6-7-32-21(8-18)11-29)23-10-20(13-33-27(23)35)19-9-22(14-31-12-19)34-25(36)5-2/h5-10,12-15,17,26H,2,4,16,30H2,1,3H3,(H,34,36). The molecule has 0 aliphatic heterocycles. The average Bonchev–Trinajstić information content (AvgIpc) is 3.32. The summed E-state index contributed by atoms with van der Waals surface area (Å²) in [5, 5.41) is 12.8. The van der Waals surface area contributed by atoms with Gasteiger partial charge in [-0.2, -0.15) is 5.26 Å². The maximum absolute atomic E-state index is 12.5. The number of nitrogens with one attached hydrogen (secondary N) is 1. The number of hydrogen-bond acceptors (Lipinski definition) is 8. The highest BCUT2D eigenvalue weighted by Crippen LogP contribution is 2.33. The third kappa shape index (κ3) is 5.58. The third-order valence-corrected chi connectivity index (χ3v) is 6.30. The lowest BCUT2D eigenvalue weighted by atomic mass is 10.0. The van der Waals surface area contributed by atoms with Crippen LogP contribution in [0.1, 0.15) is 26.0 Å². The van der Waals surface area contributed by atoms with E-state index in [1.54, 1.807) is 41.4 Å². The van der Waals surface area contributed by atoms with Gasteiger partial charge in [-0.15, -0.1) is 0 Å². The van der Waals surface area contributed by atoms with Crippen LogP contribution in [-0.4, -0.2) is 37.4 Å². The first-order valence-corrected chi connectivity index (χ1v) is 12.0. The summed E-state index contributed by atoms with van der Waals surface area (Å²) in [6, 6.07) is 8.53.